The number of rotatable bonds is 2. The number of nitrogens with zero attached hydrogens (tertiary/aromatic N) is 4. The first kappa shape index (κ1) is 11.3. The lowest BCUT2D eigenvalue weighted by Crippen LogP contribution is -2.02. The maximum absolute atomic E-state index is 5.89. The van der Waals surface area contributed by atoms with Gasteiger partial charge < -0.3 is 4.98 Å². The van der Waals surface area contributed by atoms with Crippen molar-refractivity contribution in [2.75, 3.05) is 0 Å². The predicted molar refractivity (Wildman–Crippen MR) is 71.1 cm³/mol. The molecule has 3 rings (SSSR count). The third-order valence-electron chi connectivity index (χ3n) is 2.54. The van der Waals surface area contributed by atoms with Crippen molar-refractivity contribution in [3.8, 4) is 0 Å². The molecule has 0 unspecified atom stereocenters. The molecular weight excluding hydrogens is 270 g/mol. The highest BCUT2D eigenvalue weighted by atomic mass is 35.5. The molecule has 3 aromatic rings. The van der Waals surface area contributed by atoms with E-state index in [1.54, 1.807) is 18.5 Å². The van der Waals surface area contributed by atoms with Gasteiger partial charge in [0.2, 0.25) is 0 Å². The molecule has 0 spiro atoms. The number of hydrogen-bond acceptors (Lipinski definition) is 4. The molecule has 0 radical (unpaired) electrons. The summed E-state index contributed by atoms with van der Waals surface area (Å²) in [6.07, 6.45) is 4.81. The highest BCUT2D eigenvalue weighted by molar-refractivity contribution is 7.71. The Kier molecular flexibility index (Phi) is 2.81. The van der Waals surface area contributed by atoms with E-state index >= 15 is 0 Å². The lowest BCUT2D eigenvalue weighted by atomic mass is 10.4. The minimum atomic E-state index is 0.552. The summed E-state index contributed by atoms with van der Waals surface area (Å²) in [7, 11) is 0. The molecule has 0 aromatic carbocycles. The quantitative estimate of drug-likeness (QED) is 0.732. The number of aromatic nitrogens is 5. The molecule has 7 heteroatoms. The Labute approximate surface area is 112 Å². The summed E-state index contributed by atoms with van der Waals surface area (Å²) in [5.74, 6) is 0. The monoisotopic (exact) mass is 277 g/mol. The summed E-state index contributed by atoms with van der Waals surface area (Å²) < 4.78 is 2.47. The van der Waals surface area contributed by atoms with Gasteiger partial charge in [-0.1, -0.05) is 11.6 Å². The highest BCUT2D eigenvalue weighted by Gasteiger charge is 2.07. The van der Waals surface area contributed by atoms with Gasteiger partial charge >= 0.3 is 0 Å². The fraction of sp³-hybridized carbons (Fsp3) is 0.0909. The zero-order chi connectivity index (χ0) is 12.5. The third kappa shape index (κ3) is 2.00. The highest BCUT2D eigenvalue weighted by Crippen LogP contribution is 2.17. The maximum Gasteiger partial charge on any atom is 0.179 e. The van der Waals surface area contributed by atoms with Crippen molar-refractivity contribution < 1.29 is 0 Å². The van der Waals surface area contributed by atoms with E-state index < -0.39 is 0 Å². The lowest BCUT2D eigenvalue weighted by Gasteiger charge is -2.02. The van der Waals surface area contributed by atoms with Gasteiger partial charge in [-0.2, -0.15) is 0 Å². The molecule has 3 heterocycles. The minimum absolute atomic E-state index is 0.552. The molecule has 0 amide bonds. The molecule has 90 valence electrons. The second kappa shape index (κ2) is 4.47. The molecule has 3 aromatic heterocycles. The van der Waals surface area contributed by atoms with Crippen LogP contribution in [0.5, 0.6) is 0 Å². The van der Waals surface area contributed by atoms with Crippen LogP contribution in [0.25, 0.3) is 11.2 Å². The van der Waals surface area contributed by atoms with Crippen LogP contribution in [0.4, 0.5) is 0 Å². The number of pyridine rings is 1. The van der Waals surface area contributed by atoms with Crippen LogP contribution in [0.15, 0.2) is 30.9 Å². The van der Waals surface area contributed by atoms with Crippen LogP contribution < -0.4 is 0 Å². The molecule has 0 saturated heterocycles. The van der Waals surface area contributed by atoms with Gasteiger partial charge in [-0.15, -0.1) is 0 Å². The number of H-pyrrole nitrogens is 1. The van der Waals surface area contributed by atoms with Crippen molar-refractivity contribution in [3.05, 3.63) is 46.3 Å². The van der Waals surface area contributed by atoms with E-state index in [9.17, 15) is 0 Å². The molecule has 0 aliphatic rings. The molecule has 0 aliphatic heterocycles. The largest absolute Gasteiger partial charge is 0.329 e. The Morgan fingerprint density at radius 3 is 3.06 bits per heavy atom. The van der Waals surface area contributed by atoms with Gasteiger partial charge in [0.1, 0.15) is 6.33 Å². The normalized spacial score (nSPS) is 10.9. The molecule has 18 heavy (non-hydrogen) atoms. The summed E-state index contributed by atoms with van der Waals surface area (Å²) in [4.78, 5) is 15.4. The summed E-state index contributed by atoms with van der Waals surface area (Å²) >= 11 is 11.2. The first-order valence-corrected chi connectivity index (χ1v) is 6.01. The number of hydrogen-bond donors (Lipinski definition) is 1. The number of halogens is 1. The SMILES string of the molecule is S=c1[nH]c2cc(Cl)cnc2n1Cc1ccncn1. The molecule has 0 aliphatic carbocycles. The van der Waals surface area contributed by atoms with Gasteiger partial charge in [-0.3, -0.25) is 4.57 Å². The van der Waals surface area contributed by atoms with E-state index in [1.807, 2.05) is 10.6 Å². The fourth-order valence-electron chi connectivity index (χ4n) is 1.74. The number of aromatic amines is 1. The first-order valence-electron chi connectivity index (χ1n) is 5.23. The molecule has 1 N–H and O–H groups in total. The molecule has 0 saturated carbocycles. The van der Waals surface area contributed by atoms with Crippen LogP contribution >= 0.6 is 23.8 Å². The summed E-state index contributed by atoms with van der Waals surface area (Å²) in [5, 5.41) is 0.577. The van der Waals surface area contributed by atoms with E-state index in [1.165, 1.54) is 6.33 Å². The topological polar surface area (TPSA) is 59.4 Å². The van der Waals surface area contributed by atoms with Gasteiger partial charge in [-0.25, -0.2) is 15.0 Å². The fourth-order valence-corrected chi connectivity index (χ4v) is 2.16. The van der Waals surface area contributed by atoms with Gasteiger partial charge in [0.05, 0.1) is 22.8 Å². The van der Waals surface area contributed by atoms with Crippen molar-refractivity contribution >= 4 is 35.0 Å². The minimum Gasteiger partial charge on any atom is -0.329 e. The molecular formula is C11H8ClN5S. The Morgan fingerprint density at radius 2 is 2.28 bits per heavy atom. The standard InChI is InChI=1S/C11H8ClN5S/c12-7-3-9-10(14-4-7)17(11(18)16-9)5-8-1-2-13-6-15-8/h1-4,6H,5H2,(H,16,18). The summed E-state index contributed by atoms with van der Waals surface area (Å²) in [6, 6.07) is 3.65. The zero-order valence-electron chi connectivity index (χ0n) is 9.17. The van der Waals surface area contributed by atoms with Crippen LogP contribution in [0.2, 0.25) is 5.02 Å². The molecule has 0 bridgehead atoms. The van der Waals surface area contributed by atoms with Crippen molar-refractivity contribution in [3.63, 3.8) is 0 Å². The smallest absolute Gasteiger partial charge is 0.179 e. The summed E-state index contributed by atoms with van der Waals surface area (Å²) in [6.45, 7) is 0.552. The Bertz CT molecular complexity index is 749. The number of fused-ring (bicyclic) bond motifs is 1. The van der Waals surface area contributed by atoms with Crippen LogP contribution in [0.1, 0.15) is 5.69 Å². The van der Waals surface area contributed by atoms with Crippen LogP contribution in [0.3, 0.4) is 0 Å². The van der Waals surface area contributed by atoms with Crippen molar-refractivity contribution in [1.29, 1.82) is 0 Å². The van der Waals surface area contributed by atoms with Crippen LogP contribution in [0, 0.1) is 4.77 Å². The van der Waals surface area contributed by atoms with E-state index in [0.29, 0.717) is 16.3 Å². The van der Waals surface area contributed by atoms with E-state index in [4.69, 9.17) is 23.8 Å². The van der Waals surface area contributed by atoms with Gasteiger partial charge in [-0.05, 0) is 24.4 Å². The van der Waals surface area contributed by atoms with E-state index in [-0.39, 0.29) is 0 Å². The summed E-state index contributed by atoms with van der Waals surface area (Å²) in [5.41, 5.74) is 2.46. The lowest BCUT2D eigenvalue weighted by molar-refractivity contribution is 0.772. The van der Waals surface area contributed by atoms with Gasteiger partial charge in [0.25, 0.3) is 0 Å². The third-order valence-corrected chi connectivity index (χ3v) is 3.07. The second-order valence-corrected chi connectivity index (χ2v) is 4.56. The van der Waals surface area contributed by atoms with Gasteiger partial charge in [0.15, 0.2) is 10.4 Å². The maximum atomic E-state index is 5.89. The average Bonchev–Trinajstić information content (AvgIpc) is 2.66. The first-order chi connectivity index (χ1) is 8.74. The molecule has 0 atom stereocenters. The van der Waals surface area contributed by atoms with Crippen molar-refractivity contribution in [1.82, 2.24) is 24.5 Å². The molecule has 5 nitrogen and oxygen atoms in total. The average molecular weight is 278 g/mol. The number of nitrogens with one attached hydrogen (secondary N) is 1. The Morgan fingerprint density at radius 1 is 1.39 bits per heavy atom. The predicted octanol–water partition coefficient (Wildman–Crippen LogP) is 2.59. The zero-order valence-corrected chi connectivity index (χ0v) is 10.7. The van der Waals surface area contributed by atoms with Crippen molar-refractivity contribution in [2.24, 2.45) is 0 Å². The van der Waals surface area contributed by atoms with E-state index in [0.717, 1.165) is 16.9 Å². The Balaban J connectivity index is 2.12. The van der Waals surface area contributed by atoms with Crippen LogP contribution in [-0.2, 0) is 6.54 Å². The molecule has 0 fully saturated rings. The van der Waals surface area contributed by atoms with Crippen LogP contribution in [-0.4, -0.2) is 24.5 Å². The number of imidazole rings is 1. The van der Waals surface area contributed by atoms with Gasteiger partial charge in [0, 0.05) is 12.4 Å². The second-order valence-electron chi connectivity index (χ2n) is 3.74. The Hall–Kier alpha value is -1.79. The van der Waals surface area contributed by atoms with E-state index in [2.05, 4.69) is 19.9 Å². The van der Waals surface area contributed by atoms with Crippen molar-refractivity contribution in [2.45, 2.75) is 6.54 Å².